The second kappa shape index (κ2) is 8.35. The molecule has 31 heavy (non-hydrogen) atoms. The van der Waals surface area contributed by atoms with Crippen molar-refractivity contribution in [1.29, 1.82) is 0 Å². The van der Waals surface area contributed by atoms with Crippen molar-refractivity contribution in [1.82, 2.24) is 15.0 Å². The number of aromatic nitrogens is 3. The normalized spacial score (nSPS) is 10.7. The minimum atomic E-state index is 0.361. The lowest BCUT2D eigenvalue weighted by molar-refractivity contribution is 0.324. The van der Waals surface area contributed by atoms with Crippen LogP contribution in [0.5, 0.6) is 23.0 Å². The summed E-state index contributed by atoms with van der Waals surface area (Å²) in [5.41, 5.74) is 9.93. The van der Waals surface area contributed by atoms with Crippen LogP contribution in [-0.2, 0) is 0 Å². The highest BCUT2D eigenvalue weighted by Gasteiger charge is 2.18. The molecule has 4 rings (SSSR count). The number of methoxy groups -OCH3 is 4. The third-order valence-corrected chi connectivity index (χ3v) is 4.99. The molecule has 0 aliphatic carbocycles. The van der Waals surface area contributed by atoms with E-state index in [1.165, 1.54) is 6.33 Å². The molecule has 0 aliphatic heterocycles. The second-order valence-corrected chi connectivity index (χ2v) is 6.66. The van der Waals surface area contributed by atoms with Crippen LogP contribution in [0, 0.1) is 0 Å². The smallest absolute Gasteiger partial charge is 0.203 e. The molecule has 158 valence electrons. The lowest BCUT2D eigenvalue weighted by Crippen LogP contribution is -2.00. The number of nitrogen functional groups attached to an aromatic ring is 1. The zero-order valence-electron chi connectivity index (χ0n) is 17.7. The average molecular weight is 418 g/mol. The lowest BCUT2D eigenvalue weighted by Gasteiger charge is -2.15. The highest BCUT2D eigenvalue weighted by molar-refractivity contribution is 6.01. The topological polar surface area (TPSA) is 102 Å². The van der Waals surface area contributed by atoms with Gasteiger partial charge >= 0.3 is 0 Å². The van der Waals surface area contributed by atoms with E-state index in [4.69, 9.17) is 29.7 Å². The fourth-order valence-corrected chi connectivity index (χ4v) is 3.46. The van der Waals surface area contributed by atoms with Crippen molar-refractivity contribution in [2.75, 3.05) is 34.2 Å². The van der Waals surface area contributed by atoms with Gasteiger partial charge in [0.05, 0.1) is 39.5 Å². The standard InChI is InChI=1S/C23H22N4O4/c1-28-15-7-5-13(6-8-15)16-11-17(27-23-20(16)22(24)25-12-26-23)14-9-18(29-2)21(31-4)19(10-14)30-3/h5-12H,1-4H3,(H2,24,25,26,27). The Balaban J connectivity index is 1.98. The largest absolute Gasteiger partial charge is 0.497 e. The van der Waals surface area contributed by atoms with Crippen molar-refractivity contribution in [2.24, 2.45) is 0 Å². The van der Waals surface area contributed by atoms with E-state index in [0.29, 0.717) is 39.8 Å². The summed E-state index contributed by atoms with van der Waals surface area (Å²) < 4.78 is 21.7. The molecule has 8 nitrogen and oxygen atoms in total. The number of nitrogens with two attached hydrogens (primary N) is 1. The maximum Gasteiger partial charge on any atom is 0.203 e. The van der Waals surface area contributed by atoms with Gasteiger partial charge in [0.15, 0.2) is 17.1 Å². The third kappa shape index (κ3) is 3.63. The molecule has 2 N–H and O–H groups in total. The Kier molecular flexibility index (Phi) is 5.44. The van der Waals surface area contributed by atoms with Gasteiger partial charge in [-0.2, -0.15) is 0 Å². The number of hydrogen-bond donors (Lipinski definition) is 1. The van der Waals surface area contributed by atoms with Gasteiger partial charge in [-0.3, -0.25) is 0 Å². The van der Waals surface area contributed by atoms with Crippen molar-refractivity contribution in [2.45, 2.75) is 0 Å². The Hall–Kier alpha value is -4.07. The van der Waals surface area contributed by atoms with Gasteiger partial charge in [0.2, 0.25) is 5.75 Å². The fraction of sp³-hybridized carbons (Fsp3) is 0.174. The van der Waals surface area contributed by atoms with Gasteiger partial charge in [-0.05, 0) is 41.5 Å². The molecule has 0 saturated carbocycles. The van der Waals surface area contributed by atoms with Crippen LogP contribution in [0.3, 0.4) is 0 Å². The Morgan fingerprint density at radius 3 is 2.00 bits per heavy atom. The zero-order valence-corrected chi connectivity index (χ0v) is 17.7. The summed E-state index contributed by atoms with van der Waals surface area (Å²) >= 11 is 0. The van der Waals surface area contributed by atoms with Gasteiger partial charge in [-0.25, -0.2) is 15.0 Å². The van der Waals surface area contributed by atoms with Crippen LogP contribution in [0.15, 0.2) is 48.8 Å². The van der Waals surface area contributed by atoms with Crippen molar-refractivity contribution < 1.29 is 18.9 Å². The van der Waals surface area contributed by atoms with E-state index in [-0.39, 0.29) is 0 Å². The maximum atomic E-state index is 6.20. The van der Waals surface area contributed by atoms with Crippen molar-refractivity contribution in [3.8, 4) is 45.4 Å². The van der Waals surface area contributed by atoms with Crippen LogP contribution in [0.2, 0.25) is 0 Å². The first-order valence-electron chi connectivity index (χ1n) is 9.45. The van der Waals surface area contributed by atoms with Crippen LogP contribution in [0.25, 0.3) is 33.4 Å². The van der Waals surface area contributed by atoms with Crippen LogP contribution in [-0.4, -0.2) is 43.4 Å². The summed E-state index contributed by atoms with van der Waals surface area (Å²) in [7, 11) is 6.35. The van der Waals surface area contributed by atoms with Gasteiger partial charge in [0, 0.05) is 5.56 Å². The first-order chi connectivity index (χ1) is 15.1. The molecule has 0 fully saturated rings. The summed E-state index contributed by atoms with van der Waals surface area (Å²) in [5, 5.41) is 0.684. The molecule has 2 heterocycles. The predicted octanol–water partition coefficient (Wildman–Crippen LogP) is 3.98. The molecule has 0 saturated heterocycles. The Morgan fingerprint density at radius 1 is 0.742 bits per heavy atom. The zero-order chi connectivity index (χ0) is 22.0. The van der Waals surface area contributed by atoms with Crippen LogP contribution in [0.4, 0.5) is 5.82 Å². The fourth-order valence-electron chi connectivity index (χ4n) is 3.46. The van der Waals surface area contributed by atoms with Gasteiger partial charge in [-0.15, -0.1) is 0 Å². The first kappa shape index (κ1) is 20.2. The number of anilines is 1. The van der Waals surface area contributed by atoms with Crippen LogP contribution >= 0.6 is 0 Å². The SMILES string of the molecule is COc1ccc(-c2cc(-c3cc(OC)c(OC)c(OC)c3)nc3ncnc(N)c23)cc1. The Bertz CT molecular complexity index is 1220. The maximum absolute atomic E-state index is 6.20. The molecule has 0 bridgehead atoms. The summed E-state index contributed by atoms with van der Waals surface area (Å²) in [6.45, 7) is 0. The van der Waals surface area contributed by atoms with Gasteiger partial charge < -0.3 is 24.7 Å². The number of nitrogens with zero attached hydrogens (tertiary/aromatic N) is 3. The molecule has 0 aliphatic rings. The monoisotopic (exact) mass is 418 g/mol. The number of pyridine rings is 1. The van der Waals surface area contributed by atoms with Crippen molar-refractivity contribution in [3.63, 3.8) is 0 Å². The summed E-state index contributed by atoms with van der Waals surface area (Å²) in [5.74, 6) is 2.70. The van der Waals surface area contributed by atoms with Gasteiger partial charge in [0.1, 0.15) is 17.9 Å². The van der Waals surface area contributed by atoms with Crippen LogP contribution in [0.1, 0.15) is 0 Å². The van der Waals surface area contributed by atoms with Crippen molar-refractivity contribution in [3.05, 3.63) is 48.8 Å². The van der Waals surface area contributed by atoms with E-state index in [2.05, 4.69) is 9.97 Å². The summed E-state index contributed by atoms with van der Waals surface area (Å²) in [6.07, 6.45) is 1.40. The molecule has 2 aromatic carbocycles. The highest BCUT2D eigenvalue weighted by atomic mass is 16.5. The molecular weight excluding hydrogens is 396 g/mol. The number of ether oxygens (including phenoxy) is 4. The van der Waals surface area contributed by atoms with E-state index >= 15 is 0 Å². The predicted molar refractivity (Wildman–Crippen MR) is 119 cm³/mol. The lowest BCUT2D eigenvalue weighted by atomic mass is 9.99. The third-order valence-electron chi connectivity index (χ3n) is 4.99. The highest BCUT2D eigenvalue weighted by Crippen LogP contribution is 2.42. The number of fused-ring (bicyclic) bond motifs is 1. The number of benzene rings is 2. The molecule has 2 aromatic heterocycles. The summed E-state index contributed by atoms with van der Waals surface area (Å²) in [6, 6.07) is 13.3. The van der Waals surface area contributed by atoms with Gasteiger partial charge in [0.25, 0.3) is 0 Å². The second-order valence-electron chi connectivity index (χ2n) is 6.66. The van der Waals surface area contributed by atoms with E-state index < -0.39 is 0 Å². The Morgan fingerprint density at radius 2 is 1.42 bits per heavy atom. The quantitative estimate of drug-likeness (QED) is 0.502. The first-order valence-corrected chi connectivity index (χ1v) is 9.45. The molecular formula is C23H22N4O4. The van der Waals surface area contributed by atoms with Crippen LogP contribution < -0.4 is 24.7 Å². The van der Waals surface area contributed by atoms with E-state index in [0.717, 1.165) is 22.4 Å². The molecule has 0 unspecified atom stereocenters. The minimum absolute atomic E-state index is 0.361. The molecule has 0 spiro atoms. The Labute approximate surface area is 179 Å². The number of rotatable bonds is 6. The van der Waals surface area contributed by atoms with Crippen molar-refractivity contribution >= 4 is 16.9 Å². The van der Waals surface area contributed by atoms with Gasteiger partial charge in [-0.1, -0.05) is 12.1 Å². The van der Waals surface area contributed by atoms with E-state index in [1.807, 2.05) is 42.5 Å². The van der Waals surface area contributed by atoms with E-state index in [9.17, 15) is 0 Å². The summed E-state index contributed by atoms with van der Waals surface area (Å²) in [4.78, 5) is 13.2. The number of hydrogen-bond acceptors (Lipinski definition) is 8. The molecule has 4 aromatic rings. The minimum Gasteiger partial charge on any atom is -0.497 e. The molecule has 0 amide bonds. The van der Waals surface area contributed by atoms with E-state index in [1.54, 1.807) is 28.4 Å². The average Bonchev–Trinajstić information content (AvgIpc) is 2.82. The molecule has 0 atom stereocenters. The molecule has 8 heteroatoms. The molecule has 0 radical (unpaired) electrons.